The van der Waals surface area contributed by atoms with Crippen LogP contribution in [0.3, 0.4) is 0 Å². The van der Waals surface area contributed by atoms with Crippen LogP contribution in [-0.2, 0) is 0 Å². The number of anilines is 3. The molecule has 1 aromatic heterocycles. The van der Waals surface area contributed by atoms with Crippen molar-refractivity contribution in [3.8, 4) is 0 Å². The van der Waals surface area contributed by atoms with Crippen LogP contribution in [0.2, 0.25) is 0 Å². The van der Waals surface area contributed by atoms with Crippen molar-refractivity contribution in [1.82, 2.24) is 15.0 Å². The van der Waals surface area contributed by atoms with E-state index in [0.717, 1.165) is 25.9 Å². The summed E-state index contributed by atoms with van der Waals surface area (Å²) in [7, 11) is 0. The summed E-state index contributed by atoms with van der Waals surface area (Å²) in [6.07, 6.45) is 4.22. The van der Waals surface area contributed by atoms with Crippen molar-refractivity contribution in [2.75, 3.05) is 41.9 Å². The SMILES string of the molecule is NNc1nc(NCCCO)nc(N2CCCCC2)n1. The second-order valence-electron chi connectivity index (χ2n) is 4.48. The molecule has 1 saturated heterocycles. The Balaban J connectivity index is 2.10. The van der Waals surface area contributed by atoms with Gasteiger partial charge in [-0.1, -0.05) is 0 Å². The number of nitrogens with one attached hydrogen (secondary N) is 2. The highest BCUT2D eigenvalue weighted by Gasteiger charge is 2.15. The van der Waals surface area contributed by atoms with Gasteiger partial charge in [-0.05, 0) is 25.7 Å². The van der Waals surface area contributed by atoms with Gasteiger partial charge in [-0.2, -0.15) is 15.0 Å². The quantitative estimate of drug-likeness (QED) is 0.322. The van der Waals surface area contributed by atoms with Gasteiger partial charge in [0.05, 0.1) is 0 Å². The van der Waals surface area contributed by atoms with Crippen LogP contribution in [0.15, 0.2) is 0 Å². The molecular weight excluding hydrogens is 246 g/mol. The molecule has 5 N–H and O–H groups in total. The number of hydrogen-bond acceptors (Lipinski definition) is 8. The summed E-state index contributed by atoms with van der Waals surface area (Å²) in [5.74, 6) is 6.86. The van der Waals surface area contributed by atoms with E-state index in [1.807, 2.05) is 0 Å². The molecule has 19 heavy (non-hydrogen) atoms. The van der Waals surface area contributed by atoms with Gasteiger partial charge in [0, 0.05) is 26.2 Å². The lowest BCUT2D eigenvalue weighted by Gasteiger charge is -2.26. The maximum Gasteiger partial charge on any atom is 0.243 e. The number of nitrogens with two attached hydrogens (primary N) is 1. The fourth-order valence-electron chi connectivity index (χ4n) is 2.02. The zero-order valence-corrected chi connectivity index (χ0v) is 11.0. The number of hydrazine groups is 1. The van der Waals surface area contributed by atoms with Crippen molar-refractivity contribution in [2.45, 2.75) is 25.7 Å². The Hall–Kier alpha value is -1.67. The van der Waals surface area contributed by atoms with E-state index < -0.39 is 0 Å². The maximum atomic E-state index is 8.77. The highest BCUT2D eigenvalue weighted by Crippen LogP contribution is 2.18. The summed E-state index contributed by atoms with van der Waals surface area (Å²) in [4.78, 5) is 15.0. The summed E-state index contributed by atoms with van der Waals surface area (Å²) in [6.45, 7) is 2.68. The molecule has 0 aromatic carbocycles. The molecule has 1 fully saturated rings. The lowest BCUT2D eigenvalue weighted by molar-refractivity contribution is 0.292. The van der Waals surface area contributed by atoms with Crippen LogP contribution in [0, 0.1) is 0 Å². The van der Waals surface area contributed by atoms with Crippen molar-refractivity contribution in [3.05, 3.63) is 0 Å². The minimum absolute atomic E-state index is 0.138. The molecule has 2 heterocycles. The van der Waals surface area contributed by atoms with Crippen molar-refractivity contribution in [2.24, 2.45) is 5.84 Å². The van der Waals surface area contributed by atoms with E-state index >= 15 is 0 Å². The number of piperidine rings is 1. The molecule has 2 rings (SSSR count). The Morgan fingerprint density at radius 1 is 1.11 bits per heavy atom. The fourth-order valence-corrected chi connectivity index (χ4v) is 2.02. The number of aliphatic hydroxyl groups excluding tert-OH is 1. The van der Waals surface area contributed by atoms with E-state index in [0.29, 0.717) is 30.8 Å². The highest BCUT2D eigenvalue weighted by atomic mass is 16.3. The first-order chi connectivity index (χ1) is 9.33. The monoisotopic (exact) mass is 267 g/mol. The number of nitrogens with zero attached hydrogens (tertiary/aromatic N) is 4. The number of nitrogen functional groups attached to an aromatic ring is 1. The molecule has 0 radical (unpaired) electrons. The van der Waals surface area contributed by atoms with Crippen LogP contribution in [0.5, 0.6) is 0 Å². The summed E-state index contributed by atoms with van der Waals surface area (Å²) in [5.41, 5.74) is 2.46. The second-order valence-corrected chi connectivity index (χ2v) is 4.48. The molecule has 0 atom stereocenters. The molecule has 0 amide bonds. The Labute approximate surface area is 112 Å². The lowest BCUT2D eigenvalue weighted by atomic mass is 10.1. The third kappa shape index (κ3) is 3.90. The zero-order chi connectivity index (χ0) is 13.5. The smallest absolute Gasteiger partial charge is 0.243 e. The van der Waals surface area contributed by atoms with Gasteiger partial charge < -0.3 is 15.3 Å². The summed E-state index contributed by atoms with van der Waals surface area (Å²) in [6, 6.07) is 0. The van der Waals surface area contributed by atoms with Crippen LogP contribution < -0.4 is 21.5 Å². The van der Waals surface area contributed by atoms with Crippen molar-refractivity contribution >= 4 is 17.8 Å². The number of hydrogen-bond donors (Lipinski definition) is 4. The summed E-state index contributed by atoms with van der Waals surface area (Å²) in [5, 5.41) is 11.8. The Morgan fingerprint density at radius 3 is 2.53 bits per heavy atom. The zero-order valence-electron chi connectivity index (χ0n) is 11.0. The summed E-state index contributed by atoms with van der Waals surface area (Å²) < 4.78 is 0. The van der Waals surface area contributed by atoms with Gasteiger partial charge in [0.2, 0.25) is 17.8 Å². The molecule has 1 aliphatic heterocycles. The van der Waals surface area contributed by atoms with Crippen LogP contribution in [-0.4, -0.2) is 46.3 Å². The molecule has 0 aliphatic carbocycles. The largest absolute Gasteiger partial charge is 0.396 e. The van der Waals surface area contributed by atoms with E-state index in [1.165, 1.54) is 6.42 Å². The van der Waals surface area contributed by atoms with Crippen LogP contribution in [0.4, 0.5) is 17.8 Å². The highest BCUT2D eigenvalue weighted by molar-refractivity contribution is 5.43. The number of aromatic nitrogens is 3. The second kappa shape index (κ2) is 7.05. The predicted octanol–water partition coefficient (Wildman–Crippen LogP) is -0.0582. The third-order valence-corrected chi connectivity index (χ3v) is 3.01. The first-order valence-corrected chi connectivity index (χ1v) is 6.66. The van der Waals surface area contributed by atoms with E-state index in [1.54, 1.807) is 0 Å². The van der Waals surface area contributed by atoms with E-state index in [-0.39, 0.29) is 6.61 Å². The topological polar surface area (TPSA) is 112 Å². The van der Waals surface area contributed by atoms with E-state index in [9.17, 15) is 0 Å². The van der Waals surface area contributed by atoms with Crippen molar-refractivity contribution < 1.29 is 5.11 Å². The van der Waals surface area contributed by atoms with E-state index in [2.05, 4.69) is 30.6 Å². The third-order valence-electron chi connectivity index (χ3n) is 3.01. The normalized spacial score (nSPS) is 15.4. The lowest BCUT2D eigenvalue weighted by Crippen LogP contribution is -2.31. The van der Waals surface area contributed by atoms with Crippen molar-refractivity contribution in [1.29, 1.82) is 0 Å². The standard InChI is InChI=1S/C11H21N7O/c12-17-10-14-9(13-5-4-8-19)15-11(16-10)18-6-2-1-3-7-18/h19H,1-8,12H2,(H2,13,14,15,16,17). The van der Waals surface area contributed by atoms with Crippen LogP contribution in [0.25, 0.3) is 0 Å². The van der Waals surface area contributed by atoms with Gasteiger partial charge in [-0.25, -0.2) is 5.84 Å². The Morgan fingerprint density at radius 2 is 1.84 bits per heavy atom. The number of rotatable bonds is 6. The van der Waals surface area contributed by atoms with Gasteiger partial charge in [0.15, 0.2) is 0 Å². The van der Waals surface area contributed by atoms with Gasteiger partial charge in [0.1, 0.15) is 0 Å². The average Bonchev–Trinajstić information content (AvgIpc) is 2.48. The van der Waals surface area contributed by atoms with Gasteiger partial charge in [-0.3, -0.25) is 5.43 Å². The molecular formula is C11H21N7O. The Bertz CT molecular complexity index is 395. The molecule has 1 aliphatic rings. The first-order valence-electron chi connectivity index (χ1n) is 6.66. The van der Waals surface area contributed by atoms with E-state index in [4.69, 9.17) is 10.9 Å². The number of aliphatic hydroxyl groups is 1. The molecule has 0 unspecified atom stereocenters. The molecule has 0 saturated carbocycles. The van der Waals surface area contributed by atoms with Crippen LogP contribution in [0.1, 0.15) is 25.7 Å². The fraction of sp³-hybridized carbons (Fsp3) is 0.727. The van der Waals surface area contributed by atoms with Crippen molar-refractivity contribution in [3.63, 3.8) is 0 Å². The Kier molecular flexibility index (Phi) is 5.10. The minimum Gasteiger partial charge on any atom is -0.396 e. The molecule has 8 heteroatoms. The minimum atomic E-state index is 0.138. The molecule has 106 valence electrons. The first kappa shape index (κ1) is 13.8. The van der Waals surface area contributed by atoms with Gasteiger partial charge in [0.25, 0.3) is 0 Å². The maximum absolute atomic E-state index is 8.77. The van der Waals surface area contributed by atoms with Crippen LogP contribution >= 0.6 is 0 Å². The molecule has 0 spiro atoms. The average molecular weight is 267 g/mol. The molecule has 8 nitrogen and oxygen atoms in total. The molecule has 0 bridgehead atoms. The van der Waals surface area contributed by atoms with Gasteiger partial charge in [-0.15, -0.1) is 0 Å². The molecule has 1 aromatic rings. The predicted molar refractivity (Wildman–Crippen MR) is 73.9 cm³/mol. The summed E-state index contributed by atoms with van der Waals surface area (Å²) >= 11 is 0. The van der Waals surface area contributed by atoms with Gasteiger partial charge >= 0.3 is 0 Å².